The third-order valence-electron chi connectivity index (χ3n) is 3.36. The molecule has 2 aromatic rings. The van der Waals surface area contributed by atoms with Crippen LogP contribution in [0.5, 0.6) is 17.2 Å². The molecule has 0 aromatic heterocycles. The van der Waals surface area contributed by atoms with E-state index in [4.69, 9.17) is 26.4 Å². The lowest BCUT2D eigenvalue weighted by Gasteiger charge is -2.13. The van der Waals surface area contributed by atoms with Crippen LogP contribution in [-0.2, 0) is 9.59 Å². The molecule has 0 atom stereocenters. The van der Waals surface area contributed by atoms with Crippen molar-refractivity contribution in [3.8, 4) is 17.2 Å². The molecule has 0 aliphatic rings. The number of nitrogens with one attached hydrogen (secondary N) is 3. The van der Waals surface area contributed by atoms with E-state index in [1.54, 1.807) is 30.3 Å². The van der Waals surface area contributed by atoms with E-state index in [-0.39, 0.29) is 18.3 Å². The zero-order chi connectivity index (χ0) is 20.4. The van der Waals surface area contributed by atoms with Crippen molar-refractivity contribution in [2.45, 2.75) is 6.92 Å². The van der Waals surface area contributed by atoms with E-state index >= 15 is 0 Å². The van der Waals surface area contributed by atoms with Gasteiger partial charge in [0.2, 0.25) is 0 Å². The summed E-state index contributed by atoms with van der Waals surface area (Å²) in [6.45, 7) is 1.45. The number of thiocarbonyl (C=S) groups is 1. The molecule has 0 radical (unpaired) electrons. The van der Waals surface area contributed by atoms with Crippen LogP contribution in [0.15, 0.2) is 48.5 Å². The molecule has 0 heterocycles. The number of benzene rings is 2. The molecule has 0 aliphatic heterocycles. The highest BCUT2D eigenvalue weighted by Crippen LogP contribution is 2.25. The maximum absolute atomic E-state index is 11.9. The molecular weight excluding hydrogens is 382 g/mol. The molecule has 0 aliphatic carbocycles. The summed E-state index contributed by atoms with van der Waals surface area (Å²) >= 11 is 4.94. The number of methoxy groups -OCH3 is 1. The number of rotatable bonds is 7. The van der Waals surface area contributed by atoms with Gasteiger partial charge in [0.05, 0.1) is 7.11 Å². The topological polar surface area (TPSA) is 97.9 Å². The third kappa shape index (κ3) is 7.12. The Kier molecular flexibility index (Phi) is 8.04. The van der Waals surface area contributed by atoms with Gasteiger partial charge in [-0.1, -0.05) is 24.3 Å². The fourth-order valence-corrected chi connectivity index (χ4v) is 2.26. The summed E-state index contributed by atoms with van der Waals surface area (Å²) in [5.41, 5.74) is 5.78. The molecule has 0 spiro atoms. The lowest BCUT2D eigenvalue weighted by Crippen LogP contribution is -2.50. The summed E-state index contributed by atoms with van der Waals surface area (Å²) in [6, 6.07) is 14.3. The summed E-state index contributed by atoms with van der Waals surface area (Å²) < 4.78 is 15.9. The van der Waals surface area contributed by atoms with E-state index in [1.807, 2.05) is 25.1 Å². The summed E-state index contributed by atoms with van der Waals surface area (Å²) in [5.74, 6) is 0.578. The number of para-hydroxylation sites is 2. The molecule has 0 fully saturated rings. The monoisotopic (exact) mass is 403 g/mol. The predicted octanol–water partition coefficient (Wildman–Crippen LogP) is 1.48. The quantitative estimate of drug-likeness (QED) is 0.476. The van der Waals surface area contributed by atoms with E-state index in [1.165, 1.54) is 7.11 Å². The first-order valence-corrected chi connectivity index (χ1v) is 8.72. The Balaban J connectivity index is 1.67. The van der Waals surface area contributed by atoms with Gasteiger partial charge in [-0.25, -0.2) is 0 Å². The minimum absolute atomic E-state index is 0.0717. The van der Waals surface area contributed by atoms with E-state index in [2.05, 4.69) is 16.2 Å². The molecule has 28 heavy (non-hydrogen) atoms. The molecule has 8 nitrogen and oxygen atoms in total. The number of amides is 2. The number of aryl methyl sites for hydroxylation is 1. The number of hydrazine groups is 1. The van der Waals surface area contributed by atoms with Gasteiger partial charge in [-0.2, -0.15) is 0 Å². The molecule has 0 saturated carbocycles. The normalized spacial score (nSPS) is 9.79. The Morgan fingerprint density at radius 2 is 1.64 bits per heavy atom. The molecule has 0 saturated heterocycles. The highest BCUT2D eigenvalue weighted by atomic mass is 32.1. The summed E-state index contributed by atoms with van der Waals surface area (Å²) in [6.07, 6.45) is 0. The molecule has 2 aromatic carbocycles. The van der Waals surface area contributed by atoms with Crippen molar-refractivity contribution in [3.05, 3.63) is 54.1 Å². The first kappa shape index (κ1) is 21.0. The smallest absolute Gasteiger partial charge is 0.276 e. The van der Waals surface area contributed by atoms with Gasteiger partial charge in [0, 0.05) is 0 Å². The van der Waals surface area contributed by atoms with Gasteiger partial charge in [-0.3, -0.25) is 25.8 Å². The minimum Gasteiger partial charge on any atom is -0.493 e. The van der Waals surface area contributed by atoms with E-state index < -0.39 is 11.8 Å². The van der Waals surface area contributed by atoms with E-state index in [0.29, 0.717) is 17.2 Å². The Bertz CT molecular complexity index is 844. The van der Waals surface area contributed by atoms with Crippen molar-refractivity contribution in [3.63, 3.8) is 0 Å². The van der Waals surface area contributed by atoms with Crippen molar-refractivity contribution in [2.75, 3.05) is 20.3 Å². The van der Waals surface area contributed by atoms with Crippen LogP contribution < -0.4 is 30.4 Å². The lowest BCUT2D eigenvalue weighted by atomic mass is 10.2. The van der Waals surface area contributed by atoms with Crippen LogP contribution in [0.3, 0.4) is 0 Å². The zero-order valence-corrected chi connectivity index (χ0v) is 16.3. The highest BCUT2D eigenvalue weighted by Gasteiger charge is 2.09. The Hall–Kier alpha value is -3.33. The highest BCUT2D eigenvalue weighted by molar-refractivity contribution is 7.80. The van der Waals surface area contributed by atoms with Gasteiger partial charge in [0.15, 0.2) is 29.8 Å². The van der Waals surface area contributed by atoms with Crippen LogP contribution in [0.1, 0.15) is 5.56 Å². The van der Waals surface area contributed by atoms with Crippen LogP contribution in [0.25, 0.3) is 0 Å². The van der Waals surface area contributed by atoms with Crippen LogP contribution in [-0.4, -0.2) is 37.3 Å². The number of hydrogen-bond donors (Lipinski definition) is 3. The molecule has 3 N–H and O–H groups in total. The van der Waals surface area contributed by atoms with Crippen molar-refractivity contribution in [1.29, 1.82) is 0 Å². The van der Waals surface area contributed by atoms with Gasteiger partial charge in [-0.15, -0.1) is 0 Å². The van der Waals surface area contributed by atoms with E-state index in [9.17, 15) is 9.59 Å². The first-order valence-electron chi connectivity index (χ1n) is 8.32. The molecule has 2 amide bonds. The van der Waals surface area contributed by atoms with Crippen LogP contribution in [0.2, 0.25) is 0 Å². The minimum atomic E-state index is -0.492. The standard InChI is InChI=1S/C19H21N3O5S/c1-13-6-5-7-14(10-13)26-12-18(24)21-22-19(28)20-17(23)11-27-16-9-4-3-8-15(16)25-2/h3-10H,11-12H2,1-2H3,(H,21,24)(H2,20,22,23,28). The fourth-order valence-electron chi connectivity index (χ4n) is 2.09. The average molecular weight is 403 g/mol. The van der Waals surface area contributed by atoms with Crippen LogP contribution in [0.4, 0.5) is 0 Å². The van der Waals surface area contributed by atoms with E-state index in [0.717, 1.165) is 5.56 Å². The fraction of sp³-hybridized carbons (Fsp3) is 0.211. The van der Waals surface area contributed by atoms with Crippen LogP contribution in [0, 0.1) is 6.92 Å². The summed E-state index contributed by atoms with van der Waals surface area (Å²) in [7, 11) is 1.51. The number of hydrogen-bond acceptors (Lipinski definition) is 6. The summed E-state index contributed by atoms with van der Waals surface area (Å²) in [5, 5.41) is 2.31. The van der Waals surface area contributed by atoms with Gasteiger partial charge in [-0.05, 0) is 49.0 Å². The third-order valence-corrected chi connectivity index (χ3v) is 3.56. The largest absolute Gasteiger partial charge is 0.493 e. The second kappa shape index (κ2) is 10.7. The summed E-state index contributed by atoms with van der Waals surface area (Å²) in [4.78, 5) is 23.6. The number of ether oxygens (including phenoxy) is 3. The van der Waals surface area contributed by atoms with Gasteiger partial charge in [0.1, 0.15) is 5.75 Å². The maximum atomic E-state index is 11.9. The average Bonchev–Trinajstić information content (AvgIpc) is 2.69. The SMILES string of the molecule is COc1ccccc1OCC(=O)NC(=S)NNC(=O)COc1cccc(C)c1. The molecule has 0 unspecified atom stereocenters. The molecule has 0 bridgehead atoms. The number of carbonyl (C=O) groups is 2. The molecular formula is C19H21N3O5S. The number of carbonyl (C=O) groups excluding carboxylic acids is 2. The lowest BCUT2D eigenvalue weighted by molar-refractivity contribution is -0.124. The first-order chi connectivity index (χ1) is 13.5. The second-order valence-electron chi connectivity index (χ2n) is 5.60. The second-order valence-corrected chi connectivity index (χ2v) is 6.00. The Labute approximate surface area is 168 Å². The van der Waals surface area contributed by atoms with Gasteiger partial charge in [0.25, 0.3) is 11.8 Å². The molecule has 148 valence electrons. The van der Waals surface area contributed by atoms with Crippen LogP contribution >= 0.6 is 12.2 Å². The van der Waals surface area contributed by atoms with Gasteiger partial charge < -0.3 is 14.2 Å². The van der Waals surface area contributed by atoms with Crippen molar-refractivity contribution in [1.82, 2.24) is 16.2 Å². The predicted molar refractivity (Wildman–Crippen MR) is 107 cm³/mol. The molecule has 9 heteroatoms. The Morgan fingerprint density at radius 3 is 2.36 bits per heavy atom. The zero-order valence-electron chi connectivity index (χ0n) is 15.5. The Morgan fingerprint density at radius 1 is 0.929 bits per heavy atom. The van der Waals surface area contributed by atoms with Crippen molar-refractivity contribution >= 4 is 29.1 Å². The van der Waals surface area contributed by atoms with Crippen molar-refractivity contribution in [2.24, 2.45) is 0 Å². The molecule has 2 rings (SSSR count). The van der Waals surface area contributed by atoms with Crippen molar-refractivity contribution < 1.29 is 23.8 Å². The maximum Gasteiger partial charge on any atom is 0.276 e. The van der Waals surface area contributed by atoms with Gasteiger partial charge >= 0.3 is 0 Å².